The van der Waals surface area contributed by atoms with E-state index in [1.165, 1.54) is 0 Å². The van der Waals surface area contributed by atoms with Crippen LogP contribution in [0.3, 0.4) is 0 Å². The molecule has 1 N–H and O–H groups in total. The van der Waals surface area contributed by atoms with E-state index in [1.807, 2.05) is 86.6 Å². The van der Waals surface area contributed by atoms with Gasteiger partial charge in [0, 0.05) is 11.3 Å². The molecule has 1 unspecified atom stereocenters. The molecule has 188 valence electrons. The lowest BCUT2D eigenvalue weighted by atomic mass is 9.94. The first-order valence-electron chi connectivity index (χ1n) is 11.9. The number of aromatic nitrogens is 2. The molecular formula is C29H28N4O4. The molecule has 4 aromatic rings. The monoisotopic (exact) mass is 496 g/mol. The SMILES string of the molecule is COc1ccc(-c2noc(C3=C(C)N(Cc4ccc(C)cc4)C(=O)NC3c3ccc(OC)cc3)n2)cc1. The average Bonchev–Trinajstić information content (AvgIpc) is 3.41. The van der Waals surface area contributed by atoms with Gasteiger partial charge in [-0.2, -0.15) is 4.98 Å². The third-order valence-electron chi connectivity index (χ3n) is 6.51. The summed E-state index contributed by atoms with van der Waals surface area (Å²) < 4.78 is 16.3. The Hall–Kier alpha value is -4.59. The summed E-state index contributed by atoms with van der Waals surface area (Å²) in [5.41, 5.74) is 5.34. The molecule has 2 amide bonds. The molecule has 1 aliphatic heterocycles. The van der Waals surface area contributed by atoms with Crippen LogP contribution >= 0.6 is 0 Å². The van der Waals surface area contributed by atoms with Crippen LogP contribution in [0.2, 0.25) is 0 Å². The Morgan fingerprint density at radius 1 is 0.892 bits per heavy atom. The van der Waals surface area contributed by atoms with Crippen molar-refractivity contribution in [1.29, 1.82) is 0 Å². The summed E-state index contributed by atoms with van der Waals surface area (Å²) in [6, 6.07) is 22.5. The fourth-order valence-electron chi connectivity index (χ4n) is 4.36. The number of urea groups is 1. The molecule has 1 aliphatic rings. The highest BCUT2D eigenvalue weighted by Gasteiger charge is 2.35. The Bertz CT molecular complexity index is 1420. The maximum atomic E-state index is 13.3. The lowest BCUT2D eigenvalue weighted by molar-refractivity contribution is 0.203. The first-order valence-corrected chi connectivity index (χ1v) is 11.9. The van der Waals surface area contributed by atoms with E-state index in [2.05, 4.69) is 10.5 Å². The van der Waals surface area contributed by atoms with Gasteiger partial charge in [-0.1, -0.05) is 47.1 Å². The number of aryl methyl sites for hydroxylation is 1. The topological polar surface area (TPSA) is 89.7 Å². The zero-order valence-electron chi connectivity index (χ0n) is 21.2. The molecule has 0 saturated carbocycles. The summed E-state index contributed by atoms with van der Waals surface area (Å²) in [6.45, 7) is 4.36. The molecule has 0 fully saturated rings. The van der Waals surface area contributed by atoms with Crippen LogP contribution in [0.5, 0.6) is 11.5 Å². The average molecular weight is 497 g/mol. The standard InChI is InChI=1S/C29H28N4O4/c1-18-5-7-20(8-6-18)17-33-19(2)25(26(30-29(33)34)21-9-13-23(35-3)14-10-21)28-31-27(32-37-28)22-11-15-24(36-4)16-12-22/h5-16,26H,17H2,1-4H3,(H,30,34). The molecule has 8 nitrogen and oxygen atoms in total. The number of carbonyl (C=O) groups excluding carboxylic acids is 1. The van der Waals surface area contributed by atoms with Crippen LogP contribution in [0.1, 0.15) is 35.5 Å². The van der Waals surface area contributed by atoms with Gasteiger partial charge in [0.15, 0.2) is 0 Å². The highest BCUT2D eigenvalue weighted by Crippen LogP contribution is 2.38. The molecule has 5 rings (SSSR count). The summed E-state index contributed by atoms with van der Waals surface area (Å²) >= 11 is 0. The van der Waals surface area contributed by atoms with Gasteiger partial charge in [0.2, 0.25) is 5.82 Å². The predicted molar refractivity (Wildman–Crippen MR) is 140 cm³/mol. The van der Waals surface area contributed by atoms with Crippen LogP contribution in [-0.2, 0) is 6.54 Å². The van der Waals surface area contributed by atoms with Gasteiger partial charge in [-0.15, -0.1) is 0 Å². The number of rotatable bonds is 7. The summed E-state index contributed by atoms with van der Waals surface area (Å²) in [5, 5.41) is 7.37. The van der Waals surface area contributed by atoms with Gasteiger partial charge >= 0.3 is 6.03 Å². The minimum Gasteiger partial charge on any atom is -0.497 e. The van der Waals surface area contributed by atoms with Crippen LogP contribution in [0.4, 0.5) is 4.79 Å². The Balaban J connectivity index is 1.56. The number of methoxy groups -OCH3 is 2. The van der Waals surface area contributed by atoms with E-state index in [9.17, 15) is 4.79 Å². The molecule has 1 atom stereocenters. The van der Waals surface area contributed by atoms with Crippen molar-refractivity contribution < 1.29 is 18.8 Å². The lowest BCUT2D eigenvalue weighted by Crippen LogP contribution is -2.45. The summed E-state index contributed by atoms with van der Waals surface area (Å²) in [5.74, 6) is 2.27. The number of ether oxygens (including phenoxy) is 2. The van der Waals surface area contributed by atoms with Crippen molar-refractivity contribution in [2.45, 2.75) is 26.4 Å². The molecule has 0 bridgehead atoms. The van der Waals surface area contributed by atoms with Crippen molar-refractivity contribution in [3.63, 3.8) is 0 Å². The van der Waals surface area contributed by atoms with Crippen LogP contribution in [-0.4, -0.2) is 35.3 Å². The number of amides is 2. The molecule has 37 heavy (non-hydrogen) atoms. The van der Waals surface area contributed by atoms with E-state index >= 15 is 0 Å². The number of hydrogen-bond acceptors (Lipinski definition) is 6. The Morgan fingerprint density at radius 3 is 2.14 bits per heavy atom. The zero-order chi connectivity index (χ0) is 25.9. The van der Waals surface area contributed by atoms with Crippen LogP contribution in [0.25, 0.3) is 17.0 Å². The second-order valence-electron chi connectivity index (χ2n) is 8.88. The molecule has 1 aromatic heterocycles. The van der Waals surface area contributed by atoms with E-state index in [4.69, 9.17) is 19.0 Å². The Labute approximate surface area is 215 Å². The van der Waals surface area contributed by atoms with E-state index in [1.54, 1.807) is 19.1 Å². The first kappa shape index (κ1) is 24.1. The van der Waals surface area contributed by atoms with Crippen molar-refractivity contribution in [2.24, 2.45) is 0 Å². The quantitative estimate of drug-likeness (QED) is 0.350. The van der Waals surface area contributed by atoms with Crippen molar-refractivity contribution in [3.8, 4) is 22.9 Å². The smallest absolute Gasteiger partial charge is 0.322 e. The van der Waals surface area contributed by atoms with Crippen molar-refractivity contribution >= 4 is 11.6 Å². The van der Waals surface area contributed by atoms with Gasteiger partial charge in [0.1, 0.15) is 11.5 Å². The third kappa shape index (κ3) is 4.91. The molecule has 0 spiro atoms. The minimum absolute atomic E-state index is 0.197. The van der Waals surface area contributed by atoms with Gasteiger partial charge in [-0.05, 0) is 61.4 Å². The number of hydrogen-bond donors (Lipinski definition) is 1. The number of carbonyl (C=O) groups is 1. The van der Waals surface area contributed by atoms with Gasteiger partial charge < -0.3 is 19.3 Å². The molecular weight excluding hydrogens is 468 g/mol. The van der Waals surface area contributed by atoms with E-state index in [0.717, 1.165) is 45.0 Å². The number of allylic oxidation sites excluding steroid dienone is 1. The maximum absolute atomic E-state index is 13.3. The highest BCUT2D eigenvalue weighted by molar-refractivity contribution is 5.87. The molecule has 0 saturated heterocycles. The van der Waals surface area contributed by atoms with Crippen molar-refractivity contribution in [2.75, 3.05) is 14.2 Å². The third-order valence-corrected chi connectivity index (χ3v) is 6.51. The van der Waals surface area contributed by atoms with E-state index in [-0.39, 0.29) is 6.03 Å². The molecule has 3 aromatic carbocycles. The number of nitrogens with zero attached hydrogens (tertiary/aromatic N) is 3. The van der Waals surface area contributed by atoms with Crippen LogP contribution in [0.15, 0.2) is 83.0 Å². The molecule has 0 radical (unpaired) electrons. The normalized spacial score (nSPS) is 15.5. The first-order chi connectivity index (χ1) is 18.0. The van der Waals surface area contributed by atoms with E-state index < -0.39 is 6.04 Å². The van der Waals surface area contributed by atoms with E-state index in [0.29, 0.717) is 18.3 Å². The Morgan fingerprint density at radius 2 is 1.51 bits per heavy atom. The second kappa shape index (κ2) is 10.2. The summed E-state index contributed by atoms with van der Waals surface area (Å²) in [4.78, 5) is 19.7. The van der Waals surface area contributed by atoms with Crippen molar-refractivity contribution in [3.05, 3.63) is 101 Å². The van der Waals surface area contributed by atoms with Gasteiger partial charge in [0.25, 0.3) is 5.89 Å². The van der Waals surface area contributed by atoms with Gasteiger partial charge in [0.05, 0.1) is 32.4 Å². The largest absolute Gasteiger partial charge is 0.497 e. The zero-order valence-corrected chi connectivity index (χ0v) is 21.2. The second-order valence-corrected chi connectivity index (χ2v) is 8.88. The van der Waals surface area contributed by atoms with Crippen LogP contribution in [0, 0.1) is 6.92 Å². The molecule has 2 heterocycles. The fourth-order valence-corrected chi connectivity index (χ4v) is 4.36. The predicted octanol–water partition coefficient (Wildman–Crippen LogP) is 5.76. The summed E-state index contributed by atoms with van der Waals surface area (Å²) in [6.07, 6.45) is 0. The maximum Gasteiger partial charge on any atom is 0.322 e. The minimum atomic E-state index is -0.475. The number of benzene rings is 3. The Kier molecular flexibility index (Phi) is 6.64. The van der Waals surface area contributed by atoms with Gasteiger partial charge in [-0.3, -0.25) is 4.90 Å². The van der Waals surface area contributed by atoms with Gasteiger partial charge in [-0.25, -0.2) is 4.79 Å². The molecule has 0 aliphatic carbocycles. The highest BCUT2D eigenvalue weighted by atomic mass is 16.5. The summed E-state index contributed by atoms with van der Waals surface area (Å²) in [7, 11) is 3.24. The van der Waals surface area contributed by atoms with Crippen LogP contribution < -0.4 is 14.8 Å². The van der Waals surface area contributed by atoms with Crippen molar-refractivity contribution in [1.82, 2.24) is 20.4 Å². The fraction of sp³-hybridized carbons (Fsp3) is 0.207. The molecule has 8 heteroatoms. The number of nitrogens with one attached hydrogen (secondary N) is 1. The lowest BCUT2D eigenvalue weighted by Gasteiger charge is -2.35.